The van der Waals surface area contributed by atoms with Gasteiger partial charge in [0.25, 0.3) is 23.6 Å². The van der Waals surface area contributed by atoms with Crippen LogP contribution in [0.15, 0.2) is 91.4 Å². The Kier molecular flexibility index (Phi) is 14.1. The number of rotatable bonds is 12. The molecule has 0 bridgehead atoms. The van der Waals surface area contributed by atoms with Crippen molar-refractivity contribution in [1.29, 1.82) is 0 Å². The molecule has 25 heteroatoms. The Morgan fingerprint density at radius 1 is 0.650 bits per heavy atom. The van der Waals surface area contributed by atoms with Crippen molar-refractivity contribution in [3.8, 4) is 11.5 Å². The molecule has 410 valence electrons. The number of alkyl halides is 5. The van der Waals surface area contributed by atoms with Gasteiger partial charge in [-0.3, -0.25) is 33.8 Å². The smallest absolute Gasteiger partial charge is 0.395 e. The van der Waals surface area contributed by atoms with Crippen molar-refractivity contribution < 1.29 is 64.6 Å². The molecule has 0 fully saturated rings. The molecule has 0 unspecified atom stereocenters. The van der Waals surface area contributed by atoms with Gasteiger partial charge >= 0.3 is 12.5 Å². The molecule has 2 aliphatic carbocycles. The highest BCUT2D eigenvalue weighted by Gasteiger charge is 2.43. The molecule has 80 heavy (non-hydrogen) atoms. The molecule has 4 amide bonds. The lowest BCUT2D eigenvalue weighted by atomic mass is 9.96. The number of hydrogen-bond acceptors (Lipinski definition) is 13. The van der Waals surface area contributed by atoms with Crippen LogP contribution >= 0.6 is 0 Å². The maximum absolute atomic E-state index is 14.4. The van der Waals surface area contributed by atoms with Gasteiger partial charge < -0.3 is 30.7 Å². The number of hydrogen-bond donors (Lipinski definition) is 4. The minimum Gasteiger partial charge on any atom is -0.395 e. The van der Waals surface area contributed by atoms with Gasteiger partial charge in [0.15, 0.2) is 40.2 Å². The number of Topliss-reactive ketones (excluding diaryl/α,β-unsaturated/α-hetero) is 2. The van der Waals surface area contributed by atoms with Crippen LogP contribution in [-0.2, 0) is 32.1 Å². The average molecular weight is 1100 g/mol. The Balaban J connectivity index is 0.000000180. The highest BCUT2D eigenvalue weighted by Crippen LogP contribution is 2.41. The predicted octanol–water partition coefficient (Wildman–Crippen LogP) is 8.05. The number of fused-ring (bicyclic) bond motifs is 5. The van der Waals surface area contributed by atoms with Gasteiger partial charge in [-0.2, -0.15) is 23.4 Å². The summed E-state index contributed by atoms with van der Waals surface area (Å²) >= 11 is 0. The highest BCUT2D eigenvalue weighted by molar-refractivity contribution is 6.00. The largest absolute Gasteiger partial charge is 0.586 e. The van der Waals surface area contributed by atoms with E-state index in [4.69, 9.17) is 0 Å². The van der Waals surface area contributed by atoms with Crippen LogP contribution in [0.25, 0.3) is 11.3 Å². The summed E-state index contributed by atoms with van der Waals surface area (Å²) in [6.07, 6.45) is -2.46. The van der Waals surface area contributed by atoms with Crippen LogP contribution in [-0.4, -0.2) is 75.7 Å². The van der Waals surface area contributed by atoms with Gasteiger partial charge in [0.1, 0.15) is 28.5 Å². The first-order valence-corrected chi connectivity index (χ1v) is 24.8. The molecule has 0 saturated heterocycles. The second-order valence-corrected chi connectivity index (χ2v) is 19.1. The van der Waals surface area contributed by atoms with Gasteiger partial charge in [-0.15, -0.1) is 8.78 Å². The molecule has 19 nitrogen and oxygen atoms in total. The van der Waals surface area contributed by atoms with Gasteiger partial charge in [0.2, 0.25) is 0 Å². The molecule has 2 atom stereocenters. The molecule has 0 spiro atoms. The lowest BCUT2D eigenvalue weighted by Crippen LogP contribution is -2.30. The normalized spacial score (nSPS) is 15.6. The summed E-state index contributed by atoms with van der Waals surface area (Å²) in [7, 11) is 0. The molecule has 0 radical (unpaired) electrons. The summed E-state index contributed by atoms with van der Waals surface area (Å²) in [4.78, 5) is 88.0. The van der Waals surface area contributed by atoms with E-state index in [-0.39, 0.29) is 76.2 Å². The average Bonchev–Trinajstić information content (AvgIpc) is 4.28. The van der Waals surface area contributed by atoms with Crippen LogP contribution in [0.2, 0.25) is 0 Å². The predicted molar refractivity (Wildman–Crippen MR) is 270 cm³/mol. The quantitative estimate of drug-likeness (QED) is 0.0670. The lowest BCUT2D eigenvalue weighted by Gasteiger charge is -2.16. The maximum Gasteiger partial charge on any atom is 0.586 e. The first kappa shape index (κ1) is 53.8. The summed E-state index contributed by atoms with van der Waals surface area (Å²) in [6.45, 7) is 6.51. The summed E-state index contributed by atoms with van der Waals surface area (Å²) in [5.41, 5.74) is 6.02. The molecular weight excluding hydrogens is 1060 g/mol. The Bertz CT molecular complexity index is 3900. The minimum atomic E-state index is -4.65. The Labute approximate surface area is 449 Å². The van der Waals surface area contributed by atoms with Crippen LogP contribution < -0.4 is 30.7 Å². The van der Waals surface area contributed by atoms with Gasteiger partial charge in [-0.05, 0) is 122 Å². The standard InChI is InChI=1S/C28H23F2N5O5.C27H22F4N6O3/c1-14-17(15(2)36)4-5-19-18(14)6-7-20(19)34-27(38)22-12-21(33-25-9-10-32-35(22)25)26(37)31-13-16-3-8-23-24(11-16)40-28(29,30)39-23;1-13-16(14(2)38)3-4-18-17(13)5-6-20(18)36-26(40)22-10-21(35-24-19(28)12-34-37(22)24)25(39)33-11-15-7-8-32-23(9-15)27(29,30)31/h3-5,8-12,20H,6-7,13H2,1-2H3,(H,31,37)(H,34,38);3-4,7-10,12,20H,5-6,11H2,1-2H3,(H,33,39)(H,36,40)/t2*20-/m00/s1. The third-order valence-electron chi connectivity index (χ3n) is 14.0. The maximum atomic E-state index is 14.4. The van der Waals surface area contributed by atoms with E-state index in [1.165, 1.54) is 54.9 Å². The van der Waals surface area contributed by atoms with Crippen molar-refractivity contribution >= 4 is 46.5 Å². The van der Waals surface area contributed by atoms with Gasteiger partial charge in [-0.25, -0.2) is 23.4 Å². The molecule has 1 aliphatic heterocycles. The number of benzene rings is 3. The van der Waals surface area contributed by atoms with E-state index in [1.54, 1.807) is 24.3 Å². The van der Waals surface area contributed by atoms with Gasteiger partial charge in [-0.1, -0.05) is 30.3 Å². The minimum absolute atomic E-state index is 0.00322. The number of amides is 4. The fourth-order valence-electron chi connectivity index (χ4n) is 10.1. The van der Waals surface area contributed by atoms with E-state index in [1.807, 2.05) is 19.9 Å². The zero-order valence-electron chi connectivity index (χ0n) is 42.7. The van der Waals surface area contributed by atoms with Crippen LogP contribution in [0.4, 0.5) is 26.3 Å². The van der Waals surface area contributed by atoms with Crippen molar-refractivity contribution in [1.82, 2.24) is 55.4 Å². The second-order valence-electron chi connectivity index (χ2n) is 19.1. The molecule has 8 aromatic rings. The number of ketones is 2. The first-order chi connectivity index (χ1) is 38.0. The molecule has 5 aromatic heterocycles. The van der Waals surface area contributed by atoms with Crippen molar-refractivity contribution in [2.24, 2.45) is 0 Å². The second kappa shape index (κ2) is 21.0. The van der Waals surface area contributed by atoms with Crippen molar-refractivity contribution in [3.05, 3.63) is 181 Å². The zero-order valence-corrected chi connectivity index (χ0v) is 42.7. The number of carbonyl (C=O) groups is 6. The molecule has 0 saturated carbocycles. The molecule has 3 aliphatic rings. The zero-order chi connectivity index (χ0) is 56.9. The van der Waals surface area contributed by atoms with Crippen LogP contribution in [0.3, 0.4) is 0 Å². The van der Waals surface area contributed by atoms with Gasteiger partial charge in [0.05, 0.1) is 24.5 Å². The topological polar surface area (TPSA) is 242 Å². The number of nitrogens with one attached hydrogen (secondary N) is 4. The number of aromatic nitrogens is 7. The van der Waals surface area contributed by atoms with E-state index in [0.29, 0.717) is 41.6 Å². The summed E-state index contributed by atoms with van der Waals surface area (Å²) < 4.78 is 91.1. The van der Waals surface area contributed by atoms with Gasteiger partial charge in [0, 0.05) is 48.6 Å². The molecule has 3 aromatic carbocycles. The fraction of sp³-hybridized carbons (Fsp3) is 0.255. The van der Waals surface area contributed by atoms with E-state index in [9.17, 15) is 55.1 Å². The van der Waals surface area contributed by atoms with E-state index >= 15 is 0 Å². The molecule has 4 N–H and O–H groups in total. The van der Waals surface area contributed by atoms with Crippen molar-refractivity contribution in [3.63, 3.8) is 0 Å². The number of halogens is 6. The lowest BCUT2D eigenvalue weighted by molar-refractivity contribution is -0.286. The summed E-state index contributed by atoms with van der Waals surface area (Å²) in [6, 6.07) is 16.9. The van der Waals surface area contributed by atoms with E-state index < -0.39 is 53.7 Å². The fourth-order valence-corrected chi connectivity index (χ4v) is 10.1. The van der Waals surface area contributed by atoms with Crippen LogP contribution in [0.1, 0.15) is 152 Å². The number of pyridine rings is 1. The number of nitrogens with zero attached hydrogens (tertiary/aromatic N) is 7. The van der Waals surface area contributed by atoms with E-state index in [2.05, 4.69) is 55.9 Å². The van der Waals surface area contributed by atoms with Crippen molar-refractivity contribution in [2.75, 3.05) is 0 Å². The molecule has 6 heterocycles. The number of ether oxygens (including phenoxy) is 2. The van der Waals surface area contributed by atoms with E-state index in [0.717, 1.165) is 68.8 Å². The molecule has 11 rings (SSSR count). The summed E-state index contributed by atoms with van der Waals surface area (Å²) in [5.74, 6) is -3.63. The third-order valence-corrected chi connectivity index (χ3v) is 14.0. The SMILES string of the molecule is CC(=O)c1ccc2c(c1C)CC[C@@H]2NC(=O)c1cc(C(=O)NCc2ccc3c(c2)OC(F)(F)O3)nc2ccnn12.CC(=O)c1ccc2c(c1C)CC[C@@H]2NC(=O)c1cc(C(=O)NCc2ccnc(C(F)(F)F)c2)nc2c(F)cnn12. The highest BCUT2D eigenvalue weighted by atomic mass is 19.4. The Hall–Kier alpha value is -9.55. The number of carbonyl (C=O) groups excluding carboxylic acids is 6. The van der Waals surface area contributed by atoms with Crippen LogP contribution in [0.5, 0.6) is 11.5 Å². The Morgan fingerprint density at radius 3 is 1.77 bits per heavy atom. The first-order valence-electron chi connectivity index (χ1n) is 24.8. The Morgan fingerprint density at radius 2 is 1.20 bits per heavy atom. The van der Waals surface area contributed by atoms with Crippen molar-refractivity contribution in [2.45, 2.75) is 91.0 Å². The summed E-state index contributed by atoms with van der Waals surface area (Å²) in [5, 5.41) is 19.1. The van der Waals surface area contributed by atoms with Crippen LogP contribution in [0, 0.1) is 19.7 Å². The molecular formula is C55H45F6N11O8. The monoisotopic (exact) mass is 1100 g/mol. The third kappa shape index (κ3) is 10.7.